The molecule has 23 heavy (non-hydrogen) atoms. The Morgan fingerprint density at radius 3 is 2.96 bits per heavy atom. The Balaban J connectivity index is 1.45. The number of carbonyl (C=O) groups is 1. The average Bonchev–Trinajstić information content (AvgIpc) is 3.08. The summed E-state index contributed by atoms with van der Waals surface area (Å²) in [6.45, 7) is 2.03. The lowest BCUT2D eigenvalue weighted by Gasteiger charge is -2.05. The van der Waals surface area contributed by atoms with Crippen LogP contribution in [0.2, 0.25) is 5.02 Å². The van der Waals surface area contributed by atoms with Crippen LogP contribution in [0.15, 0.2) is 45.9 Å². The third-order valence-electron chi connectivity index (χ3n) is 3.70. The highest BCUT2D eigenvalue weighted by Gasteiger charge is 2.36. The third kappa shape index (κ3) is 4.13. The highest BCUT2D eigenvalue weighted by Crippen LogP contribution is 2.47. The molecule has 1 saturated carbocycles. The summed E-state index contributed by atoms with van der Waals surface area (Å²) in [5, 5.41) is 4.32. The molecule has 1 aromatic heterocycles. The molecule has 0 radical (unpaired) electrons. The molecule has 1 N–H and O–H groups in total. The first-order valence-corrected chi connectivity index (χ1v) is 7.80. The second-order valence-electron chi connectivity index (χ2n) is 5.57. The van der Waals surface area contributed by atoms with Crippen LogP contribution in [0.3, 0.4) is 0 Å². The second-order valence-corrected chi connectivity index (χ2v) is 5.98. The molecule has 6 heteroatoms. The smallest absolute Gasteiger partial charge is 0.277 e. The maximum absolute atomic E-state index is 11.7. The second kappa shape index (κ2) is 6.87. The van der Waals surface area contributed by atoms with E-state index in [2.05, 4.69) is 17.5 Å². The molecule has 0 saturated heterocycles. The molecular formula is C17H17ClN2O3. The van der Waals surface area contributed by atoms with Crippen molar-refractivity contribution in [3.63, 3.8) is 0 Å². The first-order valence-electron chi connectivity index (χ1n) is 7.42. The predicted molar refractivity (Wildman–Crippen MR) is 87.9 cm³/mol. The van der Waals surface area contributed by atoms with Crippen molar-refractivity contribution in [2.75, 3.05) is 6.61 Å². The summed E-state index contributed by atoms with van der Waals surface area (Å²) in [7, 11) is 0. The molecule has 0 unspecified atom stereocenters. The number of nitrogens with one attached hydrogen (secondary N) is 1. The van der Waals surface area contributed by atoms with Gasteiger partial charge in [-0.25, -0.2) is 5.43 Å². The zero-order valence-corrected chi connectivity index (χ0v) is 13.4. The molecule has 0 bridgehead atoms. The van der Waals surface area contributed by atoms with Crippen LogP contribution in [0, 0.1) is 5.92 Å². The van der Waals surface area contributed by atoms with Gasteiger partial charge in [-0.1, -0.05) is 30.7 Å². The first kappa shape index (κ1) is 15.6. The van der Waals surface area contributed by atoms with E-state index in [1.807, 2.05) is 12.1 Å². The van der Waals surface area contributed by atoms with E-state index >= 15 is 0 Å². The largest absolute Gasteiger partial charge is 0.482 e. The summed E-state index contributed by atoms with van der Waals surface area (Å²) in [6.07, 6.45) is 2.64. The Bertz CT molecular complexity index is 726. The van der Waals surface area contributed by atoms with Gasteiger partial charge in [-0.15, -0.1) is 0 Å². The number of nitrogens with zero attached hydrogens (tertiary/aromatic N) is 1. The first-order chi connectivity index (χ1) is 11.1. The lowest BCUT2D eigenvalue weighted by molar-refractivity contribution is -0.123. The average molecular weight is 333 g/mol. The van der Waals surface area contributed by atoms with E-state index in [1.165, 1.54) is 12.6 Å². The Hall–Kier alpha value is -2.27. The number of hydrogen-bond acceptors (Lipinski definition) is 4. The Morgan fingerprint density at radius 1 is 1.43 bits per heavy atom. The van der Waals surface area contributed by atoms with Crippen LogP contribution in [0.4, 0.5) is 0 Å². The van der Waals surface area contributed by atoms with Gasteiger partial charge >= 0.3 is 0 Å². The zero-order valence-electron chi connectivity index (χ0n) is 12.7. The summed E-state index contributed by atoms with van der Waals surface area (Å²) in [5.74, 6) is 2.90. The molecule has 0 spiro atoms. The Kier molecular flexibility index (Phi) is 4.67. The highest BCUT2D eigenvalue weighted by molar-refractivity contribution is 6.32. The van der Waals surface area contributed by atoms with Gasteiger partial charge in [0.1, 0.15) is 17.3 Å². The Labute approximate surface area is 139 Å². The number of ether oxygens (including phenoxy) is 1. The van der Waals surface area contributed by atoms with E-state index in [-0.39, 0.29) is 12.5 Å². The molecule has 2 atom stereocenters. The van der Waals surface area contributed by atoms with Gasteiger partial charge in [0.05, 0.1) is 11.2 Å². The van der Waals surface area contributed by atoms with Crippen molar-refractivity contribution < 1.29 is 13.9 Å². The summed E-state index contributed by atoms with van der Waals surface area (Å²) in [4.78, 5) is 11.7. The van der Waals surface area contributed by atoms with E-state index in [0.29, 0.717) is 28.4 Å². The topological polar surface area (TPSA) is 63.8 Å². The van der Waals surface area contributed by atoms with Gasteiger partial charge < -0.3 is 9.15 Å². The number of benzene rings is 1. The van der Waals surface area contributed by atoms with Crippen LogP contribution >= 0.6 is 11.6 Å². The maximum Gasteiger partial charge on any atom is 0.277 e. The summed E-state index contributed by atoms with van der Waals surface area (Å²) in [6, 6.07) is 10.8. The molecule has 1 aromatic carbocycles. The number of hydrazone groups is 1. The highest BCUT2D eigenvalue weighted by atomic mass is 35.5. The molecule has 0 aliphatic heterocycles. The van der Waals surface area contributed by atoms with Gasteiger partial charge in [-0.05, 0) is 36.6 Å². The SMILES string of the molecule is C[C@H]1C[C@H]1c1ccc(/C=N\NC(=O)COc2ccccc2Cl)o1. The lowest BCUT2D eigenvalue weighted by atomic mass is 10.3. The normalized spacial score (nSPS) is 19.7. The van der Waals surface area contributed by atoms with E-state index in [9.17, 15) is 4.79 Å². The van der Waals surface area contributed by atoms with E-state index in [4.69, 9.17) is 20.8 Å². The van der Waals surface area contributed by atoms with Gasteiger partial charge in [-0.2, -0.15) is 5.10 Å². The third-order valence-corrected chi connectivity index (χ3v) is 4.01. The fourth-order valence-corrected chi connectivity index (χ4v) is 2.45. The number of halogens is 1. The minimum atomic E-state index is -0.372. The van der Waals surface area contributed by atoms with Crippen molar-refractivity contribution >= 4 is 23.7 Å². The summed E-state index contributed by atoms with van der Waals surface area (Å²) >= 11 is 5.94. The van der Waals surface area contributed by atoms with E-state index in [1.54, 1.807) is 24.3 Å². The quantitative estimate of drug-likeness (QED) is 0.649. The predicted octanol–water partition coefficient (Wildman–Crippen LogP) is 3.59. The van der Waals surface area contributed by atoms with Crippen molar-refractivity contribution in [2.45, 2.75) is 19.3 Å². The van der Waals surface area contributed by atoms with Crippen molar-refractivity contribution in [1.82, 2.24) is 5.43 Å². The fourth-order valence-electron chi connectivity index (χ4n) is 2.26. The minimum Gasteiger partial charge on any atom is -0.482 e. The standard InChI is InChI=1S/C17H17ClN2O3/c1-11-8-13(11)15-7-6-12(23-15)9-19-20-17(21)10-22-16-5-3-2-4-14(16)18/h2-7,9,11,13H,8,10H2,1H3,(H,20,21)/b19-9-/t11-,13+/m0/s1. The number of hydrogen-bond donors (Lipinski definition) is 1. The van der Waals surface area contributed by atoms with Gasteiger partial charge in [0.25, 0.3) is 5.91 Å². The van der Waals surface area contributed by atoms with Gasteiger partial charge in [0, 0.05) is 5.92 Å². The minimum absolute atomic E-state index is 0.163. The number of amides is 1. The van der Waals surface area contributed by atoms with Crippen LogP contribution in [0.25, 0.3) is 0 Å². The van der Waals surface area contributed by atoms with E-state index < -0.39 is 0 Å². The maximum atomic E-state index is 11.7. The molecule has 1 aliphatic carbocycles. The lowest BCUT2D eigenvalue weighted by Crippen LogP contribution is -2.24. The van der Waals surface area contributed by atoms with Crippen LogP contribution in [0.1, 0.15) is 30.8 Å². The van der Waals surface area contributed by atoms with Crippen molar-refractivity contribution in [2.24, 2.45) is 11.0 Å². The van der Waals surface area contributed by atoms with Crippen molar-refractivity contribution in [1.29, 1.82) is 0 Å². The van der Waals surface area contributed by atoms with Crippen molar-refractivity contribution in [3.8, 4) is 5.75 Å². The van der Waals surface area contributed by atoms with Crippen molar-refractivity contribution in [3.05, 3.63) is 52.9 Å². The molecule has 2 aromatic rings. The molecule has 1 heterocycles. The van der Waals surface area contributed by atoms with Gasteiger partial charge in [-0.3, -0.25) is 4.79 Å². The summed E-state index contributed by atoms with van der Waals surface area (Å²) < 4.78 is 11.0. The van der Waals surface area contributed by atoms with Crippen LogP contribution in [-0.2, 0) is 4.79 Å². The van der Waals surface area contributed by atoms with Gasteiger partial charge in [0.2, 0.25) is 0 Å². The number of rotatable bonds is 6. The number of carbonyl (C=O) groups excluding carboxylic acids is 1. The van der Waals surface area contributed by atoms with E-state index in [0.717, 1.165) is 5.76 Å². The molecule has 5 nitrogen and oxygen atoms in total. The number of furan rings is 1. The Morgan fingerprint density at radius 2 is 2.22 bits per heavy atom. The molecular weight excluding hydrogens is 316 g/mol. The van der Waals surface area contributed by atoms with Crippen LogP contribution < -0.4 is 10.2 Å². The zero-order chi connectivity index (χ0) is 16.2. The number of para-hydroxylation sites is 1. The molecule has 1 aliphatic rings. The molecule has 3 rings (SSSR count). The fraction of sp³-hybridized carbons (Fsp3) is 0.294. The molecule has 1 fully saturated rings. The van der Waals surface area contributed by atoms with Crippen LogP contribution in [-0.4, -0.2) is 18.7 Å². The summed E-state index contributed by atoms with van der Waals surface area (Å²) in [5.41, 5.74) is 2.39. The molecule has 120 valence electrons. The van der Waals surface area contributed by atoms with Gasteiger partial charge in [0.15, 0.2) is 6.61 Å². The monoisotopic (exact) mass is 332 g/mol. The van der Waals surface area contributed by atoms with Crippen LogP contribution in [0.5, 0.6) is 5.75 Å². The molecule has 1 amide bonds.